The molecule has 1 aromatic heterocycles. The Bertz CT molecular complexity index is 408. The van der Waals surface area contributed by atoms with Crippen LogP contribution in [0.4, 0.5) is 0 Å². The van der Waals surface area contributed by atoms with Gasteiger partial charge in [-0.1, -0.05) is 23.5 Å². The van der Waals surface area contributed by atoms with E-state index in [9.17, 15) is 0 Å². The molecule has 0 saturated carbocycles. The average Bonchev–Trinajstić information content (AvgIpc) is 2.40. The molecule has 0 aliphatic rings. The number of fused-ring (bicyclic) bond motifs is 1. The number of rotatable bonds is 1. The first kappa shape index (κ1) is 10.9. The first-order chi connectivity index (χ1) is 5.83. The van der Waals surface area contributed by atoms with Crippen molar-refractivity contribution in [2.24, 2.45) is 0 Å². The quantitative estimate of drug-likeness (QED) is 0.469. The fourth-order valence-corrected chi connectivity index (χ4v) is 2.63. The van der Waals surface area contributed by atoms with Gasteiger partial charge in [0.1, 0.15) is 11.2 Å². The maximum atomic E-state index is 2.35. The van der Waals surface area contributed by atoms with Gasteiger partial charge in [-0.3, -0.25) is 0 Å². The summed E-state index contributed by atoms with van der Waals surface area (Å²) in [4.78, 5) is 0. The monoisotopic (exact) mass is 307 g/mol. The molecule has 0 fully saturated rings. The molecule has 0 atom stereocenters. The minimum absolute atomic E-state index is 0. The Labute approximate surface area is 99.4 Å². The fourth-order valence-electron chi connectivity index (χ4n) is 1.54. The molecule has 2 aromatic rings. The molecule has 0 amide bonds. The Hall–Kier alpha value is -0.160. The maximum Gasteiger partial charge on any atom is 0.235 e. The van der Waals surface area contributed by atoms with Gasteiger partial charge in [-0.05, 0) is 13.0 Å². The Balaban J connectivity index is 0.000000845. The van der Waals surface area contributed by atoms with Crippen LogP contribution in [-0.2, 0) is 6.54 Å². The molecular formula is C10H14INS+2. The predicted octanol–water partition coefficient (Wildman–Crippen LogP) is -1.01. The summed E-state index contributed by atoms with van der Waals surface area (Å²) in [6.07, 6.45) is 0. The first-order valence-electron chi connectivity index (χ1n) is 4.21. The van der Waals surface area contributed by atoms with Gasteiger partial charge >= 0.3 is 0 Å². The van der Waals surface area contributed by atoms with Crippen LogP contribution >= 0.6 is 11.3 Å². The number of hydrogen-bond acceptors (Lipinski definition) is 1. The van der Waals surface area contributed by atoms with Crippen LogP contribution in [0.1, 0.15) is 11.9 Å². The lowest BCUT2D eigenvalue weighted by atomic mass is 10.3. The van der Waals surface area contributed by atoms with E-state index in [0.717, 1.165) is 6.54 Å². The largest absolute Gasteiger partial charge is 0.235 e. The molecule has 70 valence electrons. The summed E-state index contributed by atoms with van der Waals surface area (Å²) in [5.74, 6) is 0. The van der Waals surface area contributed by atoms with Gasteiger partial charge in [-0.15, -0.1) is 0 Å². The number of halogens is 1. The van der Waals surface area contributed by atoms with Gasteiger partial charge < -0.3 is 0 Å². The lowest BCUT2D eigenvalue weighted by Crippen LogP contribution is -3.00. The highest BCUT2D eigenvalue weighted by Gasteiger charge is 2.13. The van der Waals surface area contributed by atoms with Crippen LogP contribution in [0.3, 0.4) is 0 Å². The van der Waals surface area contributed by atoms with Crippen molar-refractivity contribution in [3.8, 4) is 0 Å². The van der Waals surface area contributed by atoms with E-state index in [1.807, 2.05) is 11.3 Å². The molecule has 1 aromatic carbocycles. The Kier molecular flexibility index (Phi) is 3.67. The standard InChI is InChI=1S/C10H12NS.H2I/c1-3-11-8(2)12-10-7-5-4-6-9(10)11;/h4-7H,3H2,1-2H3;1H2/q2*+1. The van der Waals surface area contributed by atoms with Crippen LogP contribution in [-0.4, -0.2) is 0 Å². The zero-order chi connectivity index (χ0) is 8.55. The van der Waals surface area contributed by atoms with Gasteiger partial charge in [-0.2, -0.15) is 4.57 Å². The highest BCUT2D eigenvalue weighted by atomic mass is 127. The molecule has 0 saturated heterocycles. The molecule has 1 heterocycles. The van der Waals surface area contributed by atoms with E-state index in [0.29, 0.717) is 0 Å². The number of thiazole rings is 1. The predicted molar refractivity (Wildman–Crippen MR) is 55.2 cm³/mol. The summed E-state index contributed by atoms with van der Waals surface area (Å²) < 4.78 is 3.73. The number of para-hydroxylation sites is 1. The Morgan fingerprint density at radius 2 is 2.00 bits per heavy atom. The van der Waals surface area contributed by atoms with E-state index >= 15 is 0 Å². The summed E-state index contributed by atoms with van der Waals surface area (Å²) >= 11 is 1.87. The maximum absolute atomic E-state index is 2.35. The van der Waals surface area contributed by atoms with Crippen LogP contribution in [0, 0.1) is 6.92 Å². The van der Waals surface area contributed by atoms with Crippen molar-refractivity contribution in [3.05, 3.63) is 29.3 Å². The molecule has 13 heavy (non-hydrogen) atoms. The Morgan fingerprint density at radius 1 is 1.31 bits per heavy atom. The molecule has 3 heteroatoms. The van der Waals surface area contributed by atoms with E-state index in [1.165, 1.54) is 15.2 Å². The van der Waals surface area contributed by atoms with Gasteiger partial charge in [0.15, 0.2) is 0 Å². The molecule has 1 nitrogen and oxygen atoms in total. The number of aromatic nitrogens is 1. The first-order valence-corrected chi connectivity index (χ1v) is 5.02. The topological polar surface area (TPSA) is 3.88 Å². The Morgan fingerprint density at radius 3 is 2.69 bits per heavy atom. The molecule has 0 unspecified atom stereocenters. The van der Waals surface area contributed by atoms with E-state index in [2.05, 4.69) is 42.7 Å². The number of hydrogen-bond donors (Lipinski definition) is 0. The second-order valence-corrected chi connectivity index (χ2v) is 4.07. The molecule has 0 N–H and O–H groups in total. The fraction of sp³-hybridized carbons (Fsp3) is 0.300. The molecule has 0 radical (unpaired) electrons. The van der Waals surface area contributed by atoms with Gasteiger partial charge in [0.05, 0.1) is 0 Å². The van der Waals surface area contributed by atoms with Crippen LogP contribution in [0.25, 0.3) is 10.2 Å². The molecule has 2 rings (SSSR count). The third kappa shape index (κ3) is 1.86. The minimum atomic E-state index is 0. The van der Waals surface area contributed by atoms with Gasteiger partial charge in [0, 0.05) is 13.0 Å². The summed E-state index contributed by atoms with van der Waals surface area (Å²) in [6, 6.07) is 8.56. The van der Waals surface area contributed by atoms with E-state index in [4.69, 9.17) is 0 Å². The number of benzene rings is 1. The summed E-state index contributed by atoms with van der Waals surface area (Å²) in [6.45, 7) is 5.43. The zero-order valence-electron chi connectivity index (χ0n) is 7.82. The minimum Gasteiger partial charge on any atom is -0.186 e. The molecular weight excluding hydrogens is 293 g/mol. The highest BCUT2D eigenvalue weighted by molar-refractivity contribution is 7.18. The van der Waals surface area contributed by atoms with Gasteiger partial charge in [0.2, 0.25) is 34.5 Å². The van der Waals surface area contributed by atoms with Crippen molar-refractivity contribution in [1.29, 1.82) is 0 Å². The van der Waals surface area contributed by atoms with Crippen molar-refractivity contribution >= 4 is 21.6 Å². The van der Waals surface area contributed by atoms with E-state index in [-0.39, 0.29) is 24.0 Å². The van der Waals surface area contributed by atoms with Crippen molar-refractivity contribution < 1.29 is 28.5 Å². The SMILES string of the molecule is CC[n+]1c(C)sc2ccccc21.[IH2+]. The van der Waals surface area contributed by atoms with E-state index < -0.39 is 0 Å². The lowest BCUT2D eigenvalue weighted by molar-refractivity contribution is -0.669. The van der Waals surface area contributed by atoms with Crippen LogP contribution in [0.15, 0.2) is 24.3 Å². The molecule has 0 aliphatic carbocycles. The molecule has 0 bridgehead atoms. The smallest absolute Gasteiger partial charge is 0.186 e. The lowest BCUT2D eigenvalue weighted by Gasteiger charge is -1.88. The normalized spacial score (nSPS) is 10.0. The van der Waals surface area contributed by atoms with Crippen LogP contribution < -0.4 is 28.5 Å². The number of aryl methyl sites for hydroxylation is 2. The van der Waals surface area contributed by atoms with Gasteiger partial charge in [-0.25, -0.2) is 0 Å². The van der Waals surface area contributed by atoms with Crippen molar-refractivity contribution in [2.75, 3.05) is 0 Å². The van der Waals surface area contributed by atoms with Crippen molar-refractivity contribution in [3.63, 3.8) is 0 Å². The second-order valence-electron chi connectivity index (χ2n) is 2.83. The summed E-state index contributed by atoms with van der Waals surface area (Å²) in [5, 5.41) is 1.39. The molecule has 0 aliphatic heterocycles. The summed E-state index contributed by atoms with van der Waals surface area (Å²) in [5.41, 5.74) is 1.36. The van der Waals surface area contributed by atoms with Crippen molar-refractivity contribution in [2.45, 2.75) is 20.4 Å². The zero-order valence-corrected chi connectivity index (χ0v) is 11.2. The average molecular weight is 307 g/mol. The third-order valence-corrected chi connectivity index (χ3v) is 3.19. The third-order valence-electron chi connectivity index (χ3n) is 2.11. The van der Waals surface area contributed by atoms with Gasteiger partial charge in [0.25, 0.3) is 0 Å². The van der Waals surface area contributed by atoms with Crippen molar-refractivity contribution in [1.82, 2.24) is 0 Å². The second kappa shape index (κ2) is 4.37. The van der Waals surface area contributed by atoms with E-state index in [1.54, 1.807) is 0 Å². The van der Waals surface area contributed by atoms with Crippen LogP contribution in [0.5, 0.6) is 0 Å². The molecule has 0 spiro atoms. The highest BCUT2D eigenvalue weighted by Crippen LogP contribution is 2.18. The summed E-state index contributed by atoms with van der Waals surface area (Å²) in [7, 11) is 0. The van der Waals surface area contributed by atoms with Crippen LogP contribution in [0.2, 0.25) is 0 Å². The number of nitrogens with zero attached hydrogens (tertiary/aromatic N) is 1.